The molecule has 0 aromatic carbocycles. The third-order valence-electron chi connectivity index (χ3n) is 6.23. The Morgan fingerprint density at radius 2 is 1.88 bits per heavy atom. The van der Waals surface area contributed by atoms with Crippen molar-refractivity contribution in [1.82, 2.24) is 34.4 Å². The Bertz CT molecular complexity index is 1380. The molecule has 0 saturated carbocycles. The van der Waals surface area contributed by atoms with Crippen LogP contribution in [-0.4, -0.2) is 75.4 Å². The summed E-state index contributed by atoms with van der Waals surface area (Å²) in [6, 6.07) is 0. The van der Waals surface area contributed by atoms with Gasteiger partial charge in [-0.05, 0) is 73.1 Å². The van der Waals surface area contributed by atoms with Crippen molar-refractivity contribution in [2.75, 3.05) is 25.0 Å². The van der Waals surface area contributed by atoms with Gasteiger partial charge in [-0.25, -0.2) is 19.7 Å². The summed E-state index contributed by atoms with van der Waals surface area (Å²) in [5.74, 6) is 0.208. The molecule has 1 aliphatic heterocycles. The van der Waals surface area contributed by atoms with E-state index in [4.69, 9.17) is 25.2 Å². The number of H-pyrrole nitrogens is 1. The molecule has 3 aromatic heterocycles. The molecular formula is C24H42N9O7P3. The minimum Gasteiger partial charge on any atom is -0.380 e. The first-order chi connectivity index (χ1) is 21.0. The van der Waals surface area contributed by atoms with Gasteiger partial charge in [-0.2, -0.15) is 0 Å². The molecule has 43 heavy (non-hydrogen) atoms. The summed E-state index contributed by atoms with van der Waals surface area (Å²) >= 11 is 0. The predicted octanol–water partition coefficient (Wildman–Crippen LogP) is 0.0507. The minimum atomic E-state index is -0.563. The van der Waals surface area contributed by atoms with Gasteiger partial charge >= 0.3 is 5.69 Å². The van der Waals surface area contributed by atoms with Gasteiger partial charge in [-0.1, -0.05) is 6.92 Å². The molecule has 5 unspecified atom stereocenters. The standard InChI is InChI=1S/C24H33N9O4.3H3OP/c1-2-17-6-8-19(37-17)33-13-16(23(35)31-24(33)36)5-7-18(34)26-10-11-27-21-20-22(29-14-28-21)32(15-30-20)12-4-3-9-25;3*1-2/h5,7,13-15,17,19H,2-4,6,8-12,25H2,1H3,(H,26,34)(H,27,28,29)(H,31,35,36);3*1H,2H2/b7-5+;;;. The van der Waals surface area contributed by atoms with E-state index >= 15 is 0 Å². The highest BCUT2D eigenvalue weighted by Gasteiger charge is 2.26. The molecule has 1 fully saturated rings. The third-order valence-corrected chi connectivity index (χ3v) is 6.23. The third kappa shape index (κ3) is 11.7. The summed E-state index contributed by atoms with van der Waals surface area (Å²) in [5, 5.41) is 5.92. The number of unbranched alkanes of at least 4 members (excludes halogenated alkanes) is 1. The van der Waals surface area contributed by atoms with Gasteiger partial charge in [0, 0.05) is 31.9 Å². The first-order valence-corrected chi connectivity index (χ1v) is 14.9. The van der Waals surface area contributed by atoms with Crippen LogP contribution in [-0.2, 0) is 16.1 Å². The quantitative estimate of drug-likeness (QED) is 0.0775. The number of hydrogen-bond acceptors (Lipinski definition) is 12. The molecule has 19 heteroatoms. The molecule has 240 valence electrons. The van der Waals surface area contributed by atoms with E-state index in [0.29, 0.717) is 37.4 Å². The summed E-state index contributed by atoms with van der Waals surface area (Å²) in [4.78, 5) is 72.8. The Hall–Kier alpha value is -2.67. The molecule has 4 heterocycles. The number of carbonyl (C=O) groups excluding carboxylic acids is 1. The van der Waals surface area contributed by atoms with Gasteiger partial charge in [0.05, 0.1) is 18.0 Å². The smallest absolute Gasteiger partial charge is 0.330 e. The van der Waals surface area contributed by atoms with E-state index in [9.17, 15) is 14.4 Å². The molecule has 0 radical (unpaired) electrons. The molecule has 8 N–H and O–H groups in total. The van der Waals surface area contributed by atoms with E-state index in [1.807, 2.05) is 11.5 Å². The molecule has 0 spiro atoms. The fraction of sp³-hybridized carbons (Fsp3) is 0.500. The number of aromatic nitrogens is 6. The molecule has 0 aliphatic carbocycles. The number of carbonyl (C=O) groups is 1. The van der Waals surface area contributed by atoms with Gasteiger partial charge in [-0.15, -0.1) is 0 Å². The van der Waals surface area contributed by atoms with E-state index in [-0.39, 0.29) is 17.6 Å². The van der Waals surface area contributed by atoms with Gasteiger partial charge in [-0.3, -0.25) is 19.1 Å². The van der Waals surface area contributed by atoms with Crippen LogP contribution in [0, 0.1) is 0 Å². The Morgan fingerprint density at radius 3 is 2.56 bits per heavy atom. The van der Waals surface area contributed by atoms with Gasteiger partial charge in [0.2, 0.25) is 5.91 Å². The molecule has 4 rings (SSSR count). The maximum atomic E-state index is 12.3. The van der Waals surface area contributed by atoms with Crippen LogP contribution in [0.4, 0.5) is 5.82 Å². The lowest BCUT2D eigenvalue weighted by Gasteiger charge is -2.15. The average Bonchev–Trinajstić information content (AvgIpc) is 3.70. The molecule has 0 bridgehead atoms. The monoisotopic (exact) mass is 661 g/mol. The lowest BCUT2D eigenvalue weighted by molar-refractivity contribution is -0.116. The van der Waals surface area contributed by atoms with E-state index in [2.05, 4.69) is 30.6 Å². The maximum absolute atomic E-state index is 12.3. The van der Waals surface area contributed by atoms with Crippen LogP contribution < -0.4 is 27.6 Å². The summed E-state index contributed by atoms with van der Waals surface area (Å²) < 4.78 is 9.21. The number of aromatic amines is 1. The van der Waals surface area contributed by atoms with Crippen molar-refractivity contribution in [3.63, 3.8) is 0 Å². The number of nitrogens with two attached hydrogens (primary N) is 1. The zero-order chi connectivity index (χ0) is 32.2. The number of rotatable bonds is 12. The number of anilines is 1. The van der Waals surface area contributed by atoms with Gasteiger partial charge in [0.25, 0.3) is 5.56 Å². The van der Waals surface area contributed by atoms with Crippen LogP contribution in [0.2, 0.25) is 0 Å². The number of fused-ring (bicyclic) bond motifs is 1. The number of aryl methyl sites for hydroxylation is 1. The van der Waals surface area contributed by atoms with E-state index in [0.717, 1.165) is 37.9 Å². The van der Waals surface area contributed by atoms with Crippen LogP contribution in [0.3, 0.4) is 0 Å². The van der Waals surface area contributed by atoms with Gasteiger partial charge in [0.1, 0.15) is 18.1 Å². The second-order valence-corrected chi connectivity index (χ2v) is 8.83. The summed E-state index contributed by atoms with van der Waals surface area (Å²) in [6.07, 6.45) is 11.2. The highest BCUT2D eigenvalue weighted by molar-refractivity contribution is 7.08. The molecular weight excluding hydrogens is 619 g/mol. The van der Waals surface area contributed by atoms with Crippen LogP contribution >= 0.6 is 28.4 Å². The van der Waals surface area contributed by atoms with Crippen molar-refractivity contribution >= 4 is 57.4 Å². The molecule has 16 nitrogen and oxygen atoms in total. The number of ether oxygens (including phenoxy) is 1. The number of hydrogen-bond donors (Lipinski definition) is 7. The van der Waals surface area contributed by atoms with Crippen molar-refractivity contribution in [3.05, 3.63) is 51.3 Å². The highest BCUT2D eigenvalue weighted by Crippen LogP contribution is 2.28. The van der Waals surface area contributed by atoms with Crippen molar-refractivity contribution in [2.24, 2.45) is 5.73 Å². The van der Waals surface area contributed by atoms with Crippen LogP contribution in [0.15, 0.2) is 34.5 Å². The SMILES string of the molecule is CCC1CCC(n2cc(/C=C/C(=O)NCCNc3ncnc4c3ncn4CCCCN)c(=O)[nH]c2=O)O1.OP.OP.OP. The highest BCUT2D eigenvalue weighted by atomic mass is 31.0. The number of imidazole rings is 1. The second kappa shape index (κ2) is 21.9. The Balaban J connectivity index is 0.00000145. The first-order valence-electron chi connectivity index (χ1n) is 13.3. The molecule has 1 saturated heterocycles. The minimum absolute atomic E-state index is 0.0951. The molecule has 5 atom stereocenters. The van der Waals surface area contributed by atoms with Gasteiger partial charge in [0.15, 0.2) is 11.5 Å². The fourth-order valence-corrected chi connectivity index (χ4v) is 4.22. The fourth-order valence-electron chi connectivity index (χ4n) is 4.22. The van der Waals surface area contributed by atoms with E-state index in [1.165, 1.54) is 57.6 Å². The van der Waals surface area contributed by atoms with Gasteiger partial charge < -0.3 is 40.4 Å². The predicted molar refractivity (Wildman–Crippen MR) is 175 cm³/mol. The Kier molecular flexibility index (Phi) is 19.6. The number of amides is 1. The summed E-state index contributed by atoms with van der Waals surface area (Å²) in [6.45, 7) is 4.18. The second-order valence-electron chi connectivity index (χ2n) is 8.83. The summed E-state index contributed by atoms with van der Waals surface area (Å²) in [5.41, 5.74) is 6.07. The van der Waals surface area contributed by atoms with Crippen LogP contribution in [0.25, 0.3) is 17.2 Å². The van der Waals surface area contributed by atoms with Crippen molar-refractivity contribution in [3.8, 4) is 0 Å². The maximum Gasteiger partial charge on any atom is 0.330 e. The average molecular weight is 662 g/mol. The molecule has 1 aliphatic rings. The molecule has 1 amide bonds. The lowest BCUT2D eigenvalue weighted by Crippen LogP contribution is -2.33. The van der Waals surface area contributed by atoms with Crippen molar-refractivity contribution in [2.45, 2.75) is 57.9 Å². The first kappa shape index (κ1) is 38.4. The number of nitrogens with one attached hydrogen (secondary N) is 3. The van der Waals surface area contributed by atoms with E-state index < -0.39 is 17.5 Å². The topological polar surface area (TPSA) is 236 Å². The van der Waals surface area contributed by atoms with E-state index in [1.54, 1.807) is 6.33 Å². The zero-order valence-electron chi connectivity index (χ0n) is 23.9. The van der Waals surface area contributed by atoms with Crippen LogP contribution in [0.5, 0.6) is 0 Å². The molecule has 3 aromatic rings. The van der Waals surface area contributed by atoms with Crippen molar-refractivity contribution < 1.29 is 24.2 Å². The lowest BCUT2D eigenvalue weighted by atomic mass is 10.2. The zero-order valence-corrected chi connectivity index (χ0v) is 27.4. The largest absolute Gasteiger partial charge is 0.380 e. The number of nitrogens with zero attached hydrogens (tertiary/aromatic N) is 5. The van der Waals surface area contributed by atoms with Crippen molar-refractivity contribution in [1.29, 1.82) is 0 Å². The van der Waals surface area contributed by atoms with Crippen LogP contribution in [0.1, 0.15) is 50.8 Å². The Labute approximate surface area is 255 Å². The normalized spacial score (nSPS) is 15.5. The Morgan fingerprint density at radius 1 is 1.14 bits per heavy atom. The summed E-state index contributed by atoms with van der Waals surface area (Å²) in [7, 11) is 4.25.